The minimum atomic E-state index is -0.864. The molecule has 17 heavy (non-hydrogen) atoms. The first kappa shape index (κ1) is 14.0. The SMILES string of the molecule is COC(C)(C)Cc1nc(SCC(=O)O)n(C)n1. The van der Waals surface area contributed by atoms with E-state index in [1.165, 1.54) is 0 Å². The Morgan fingerprint density at radius 3 is 2.76 bits per heavy atom. The number of carboxylic acid groups (broad SMARTS) is 1. The maximum absolute atomic E-state index is 10.5. The van der Waals surface area contributed by atoms with E-state index in [0.29, 0.717) is 17.4 Å². The van der Waals surface area contributed by atoms with Gasteiger partial charge in [0, 0.05) is 20.6 Å². The van der Waals surface area contributed by atoms with Crippen LogP contribution in [0.4, 0.5) is 0 Å². The van der Waals surface area contributed by atoms with E-state index >= 15 is 0 Å². The number of carboxylic acids is 1. The molecule has 6 nitrogen and oxygen atoms in total. The predicted octanol–water partition coefficient (Wildman–Crippen LogP) is 0.959. The number of aliphatic carboxylic acids is 1. The van der Waals surface area contributed by atoms with Crippen LogP contribution in [0.15, 0.2) is 5.16 Å². The summed E-state index contributed by atoms with van der Waals surface area (Å²) in [5.74, 6) is -0.219. The van der Waals surface area contributed by atoms with Crippen LogP contribution in [0.5, 0.6) is 0 Å². The fraction of sp³-hybridized carbons (Fsp3) is 0.700. The number of ether oxygens (including phenoxy) is 1. The van der Waals surface area contributed by atoms with Gasteiger partial charge in [0.15, 0.2) is 11.0 Å². The fourth-order valence-corrected chi connectivity index (χ4v) is 1.85. The molecule has 1 N–H and O–H groups in total. The highest BCUT2D eigenvalue weighted by atomic mass is 32.2. The van der Waals surface area contributed by atoms with Crippen molar-refractivity contribution in [2.45, 2.75) is 31.0 Å². The number of aryl methyl sites for hydroxylation is 1. The van der Waals surface area contributed by atoms with Gasteiger partial charge >= 0.3 is 5.97 Å². The molecule has 0 aliphatic rings. The van der Waals surface area contributed by atoms with E-state index in [1.807, 2.05) is 13.8 Å². The summed E-state index contributed by atoms with van der Waals surface area (Å²) in [5, 5.41) is 13.4. The van der Waals surface area contributed by atoms with E-state index in [1.54, 1.807) is 18.8 Å². The number of rotatable bonds is 6. The number of thioether (sulfide) groups is 1. The standard InChI is InChI=1S/C10H17N3O3S/c1-10(2,16-4)5-7-11-9(13(3)12-7)17-6-8(14)15/h5-6H2,1-4H3,(H,14,15). The van der Waals surface area contributed by atoms with Crippen LogP contribution in [0, 0.1) is 0 Å². The Morgan fingerprint density at radius 2 is 2.24 bits per heavy atom. The van der Waals surface area contributed by atoms with Crippen LogP contribution >= 0.6 is 11.8 Å². The van der Waals surface area contributed by atoms with Crippen molar-refractivity contribution in [1.29, 1.82) is 0 Å². The highest BCUT2D eigenvalue weighted by Gasteiger charge is 2.21. The number of aromatic nitrogens is 3. The van der Waals surface area contributed by atoms with Crippen molar-refractivity contribution in [2.75, 3.05) is 12.9 Å². The number of nitrogens with zero attached hydrogens (tertiary/aromatic N) is 3. The molecule has 0 aliphatic carbocycles. The third-order valence-corrected chi connectivity index (χ3v) is 3.23. The van der Waals surface area contributed by atoms with E-state index in [9.17, 15) is 4.79 Å². The van der Waals surface area contributed by atoms with Gasteiger partial charge in [0.05, 0.1) is 11.4 Å². The smallest absolute Gasteiger partial charge is 0.313 e. The summed E-state index contributed by atoms with van der Waals surface area (Å²) in [5.41, 5.74) is -0.323. The summed E-state index contributed by atoms with van der Waals surface area (Å²) in [7, 11) is 3.39. The molecule has 0 spiro atoms. The molecule has 1 heterocycles. The lowest BCUT2D eigenvalue weighted by molar-refractivity contribution is -0.133. The normalized spacial score (nSPS) is 11.8. The van der Waals surface area contributed by atoms with Gasteiger partial charge in [0.2, 0.25) is 0 Å². The molecule has 96 valence electrons. The highest BCUT2D eigenvalue weighted by Crippen LogP contribution is 2.18. The zero-order chi connectivity index (χ0) is 13.1. The molecule has 0 saturated carbocycles. The van der Waals surface area contributed by atoms with E-state index in [0.717, 1.165) is 11.8 Å². The van der Waals surface area contributed by atoms with Gasteiger partial charge in [-0.15, -0.1) is 0 Å². The van der Waals surface area contributed by atoms with Gasteiger partial charge in [-0.05, 0) is 13.8 Å². The van der Waals surface area contributed by atoms with Crippen LogP contribution in [0.3, 0.4) is 0 Å². The zero-order valence-corrected chi connectivity index (χ0v) is 11.2. The molecule has 1 aromatic rings. The number of carbonyl (C=O) groups is 1. The second-order valence-corrected chi connectivity index (χ2v) is 5.20. The summed E-state index contributed by atoms with van der Waals surface area (Å²) in [6, 6.07) is 0. The van der Waals surface area contributed by atoms with E-state index < -0.39 is 5.97 Å². The maximum Gasteiger partial charge on any atom is 0.313 e. The minimum absolute atomic E-state index is 0.0142. The third kappa shape index (κ3) is 4.35. The molecule has 0 aliphatic heterocycles. The van der Waals surface area contributed by atoms with Crippen LogP contribution in [0.25, 0.3) is 0 Å². The molecule has 0 saturated heterocycles. The Bertz CT molecular complexity index is 404. The Morgan fingerprint density at radius 1 is 1.59 bits per heavy atom. The molecule has 0 bridgehead atoms. The second-order valence-electron chi connectivity index (χ2n) is 4.26. The molecular weight excluding hydrogens is 242 g/mol. The Labute approximate surface area is 104 Å². The molecule has 7 heteroatoms. The van der Waals surface area contributed by atoms with Gasteiger partial charge < -0.3 is 9.84 Å². The molecule has 0 fully saturated rings. The van der Waals surface area contributed by atoms with Gasteiger partial charge in [-0.2, -0.15) is 5.10 Å². The largest absolute Gasteiger partial charge is 0.481 e. The molecule has 1 aromatic heterocycles. The number of methoxy groups -OCH3 is 1. The van der Waals surface area contributed by atoms with Crippen LogP contribution < -0.4 is 0 Å². The van der Waals surface area contributed by atoms with Gasteiger partial charge in [0.1, 0.15) is 0 Å². The van der Waals surface area contributed by atoms with E-state index in [-0.39, 0.29) is 11.4 Å². The van der Waals surface area contributed by atoms with Crippen LogP contribution in [-0.2, 0) is 23.0 Å². The van der Waals surface area contributed by atoms with E-state index in [4.69, 9.17) is 9.84 Å². The summed E-state index contributed by atoms with van der Waals surface area (Å²) in [6.07, 6.45) is 0.588. The lowest BCUT2D eigenvalue weighted by atomic mass is 10.1. The maximum atomic E-state index is 10.5. The van der Waals surface area contributed by atoms with Crippen molar-refractivity contribution < 1.29 is 14.6 Å². The first-order chi connectivity index (χ1) is 7.84. The van der Waals surface area contributed by atoms with Crippen LogP contribution in [0.2, 0.25) is 0 Å². The summed E-state index contributed by atoms with van der Waals surface area (Å²) >= 11 is 1.16. The third-order valence-electron chi connectivity index (χ3n) is 2.23. The van der Waals surface area contributed by atoms with Crippen molar-refractivity contribution in [3.8, 4) is 0 Å². The predicted molar refractivity (Wildman–Crippen MR) is 64.2 cm³/mol. The Kier molecular flexibility index (Phi) is 4.53. The monoisotopic (exact) mass is 259 g/mol. The van der Waals surface area contributed by atoms with E-state index in [2.05, 4.69) is 10.1 Å². The quantitative estimate of drug-likeness (QED) is 0.767. The van der Waals surface area contributed by atoms with Crippen molar-refractivity contribution in [3.63, 3.8) is 0 Å². The summed E-state index contributed by atoms with van der Waals surface area (Å²) in [6.45, 7) is 3.90. The first-order valence-electron chi connectivity index (χ1n) is 5.14. The van der Waals surface area contributed by atoms with Gasteiger partial charge in [-0.3, -0.25) is 4.79 Å². The average molecular weight is 259 g/mol. The van der Waals surface area contributed by atoms with Crippen molar-refractivity contribution >= 4 is 17.7 Å². The van der Waals surface area contributed by atoms with Crippen molar-refractivity contribution in [3.05, 3.63) is 5.82 Å². The molecule has 1 rings (SSSR count). The minimum Gasteiger partial charge on any atom is -0.481 e. The Balaban J connectivity index is 2.71. The molecule has 0 unspecified atom stereocenters. The highest BCUT2D eigenvalue weighted by molar-refractivity contribution is 7.99. The first-order valence-corrected chi connectivity index (χ1v) is 6.12. The summed E-state index contributed by atoms with van der Waals surface area (Å²) in [4.78, 5) is 14.8. The molecule has 0 radical (unpaired) electrons. The Hall–Kier alpha value is -1.08. The van der Waals surface area contributed by atoms with Crippen LogP contribution in [-0.4, -0.2) is 44.3 Å². The lowest BCUT2D eigenvalue weighted by Gasteiger charge is -2.20. The second kappa shape index (κ2) is 5.50. The van der Waals surface area contributed by atoms with Gasteiger partial charge in [-0.1, -0.05) is 11.8 Å². The average Bonchev–Trinajstić information content (AvgIpc) is 2.55. The summed E-state index contributed by atoms with van der Waals surface area (Å²) < 4.78 is 6.89. The number of hydrogen-bond acceptors (Lipinski definition) is 5. The topological polar surface area (TPSA) is 77.2 Å². The van der Waals surface area contributed by atoms with Crippen LogP contribution in [0.1, 0.15) is 19.7 Å². The molecule has 0 amide bonds. The van der Waals surface area contributed by atoms with Crippen molar-refractivity contribution in [1.82, 2.24) is 14.8 Å². The number of hydrogen-bond donors (Lipinski definition) is 1. The molecule has 0 atom stereocenters. The molecule has 0 aromatic carbocycles. The van der Waals surface area contributed by atoms with Gasteiger partial charge in [0.25, 0.3) is 0 Å². The lowest BCUT2D eigenvalue weighted by Crippen LogP contribution is -2.26. The van der Waals surface area contributed by atoms with Gasteiger partial charge in [-0.25, -0.2) is 9.67 Å². The fourth-order valence-electron chi connectivity index (χ4n) is 1.20. The van der Waals surface area contributed by atoms with Crippen molar-refractivity contribution in [2.24, 2.45) is 7.05 Å². The molecular formula is C10H17N3O3S. The zero-order valence-electron chi connectivity index (χ0n) is 10.4.